The summed E-state index contributed by atoms with van der Waals surface area (Å²) in [6.07, 6.45) is 4.12. The van der Waals surface area contributed by atoms with Gasteiger partial charge in [0.15, 0.2) is 0 Å². The maximum atomic E-state index is 12.7. The quantitative estimate of drug-likeness (QED) is 0.468. The molecule has 3 aromatic rings. The number of ether oxygens (including phenoxy) is 2. The molecule has 10 heteroatoms. The molecular formula is C25H29N7O3. The van der Waals surface area contributed by atoms with Crippen molar-refractivity contribution >= 4 is 17.7 Å². The van der Waals surface area contributed by atoms with E-state index in [9.17, 15) is 4.79 Å². The molecule has 2 aliphatic heterocycles. The highest BCUT2D eigenvalue weighted by Gasteiger charge is 2.23. The molecule has 1 unspecified atom stereocenters. The molecule has 1 atom stereocenters. The zero-order valence-corrected chi connectivity index (χ0v) is 19.7. The second-order valence-electron chi connectivity index (χ2n) is 8.75. The van der Waals surface area contributed by atoms with Gasteiger partial charge in [-0.2, -0.15) is 0 Å². The molecule has 2 aromatic heterocycles. The minimum atomic E-state index is -0.107. The summed E-state index contributed by atoms with van der Waals surface area (Å²) in [5.41, 5.74) is 9.82. The summed E-state index contributed by atoms with van der Waals surface area (Å²) in [7, 11) is 2.06. The maximum absolute atomic E-state index is 12.7. The van der Waals surface area contributed by atoms with Crippen molar-refractivity contribution in [1.82, 2.24) is 25.2 Å². The van der Waals surface area contributed by atoms with Gasteiger partial charge in [0.25, 0.3) is 5.91 Å². The zero-order valence-electron chi connectivity index (χ0n) is 19.7. The van der Waals surface area contributed by atoms with E-state index in [1.807, 2.05) is 24.3 Å². The van der Waals surface area contributed by atoms with Crippen LogP contribution in [0.1, 0.15) is 21.5 Å². The van der Waals surface area contributed by atoms with Gasteiger partial charge in [0.2, 0.25) is 5.95 Å². The number of benzene rings is 1. The summed E-state index contributed by atoms with van der Waals surface area (Å²) in [5, 5.41) is 6.39. The molecule has 5 rings (SSSR count). The third-order valence-electron chi connectivity index (χ3n) is 6.16. The fraction of sp³-hybridized carbons (Fsp3) is 0.360. The Hall–Kier alpha value is -3.76. The highest BCUT2D eigenvalue weighted by Crippen LogP contribution is 2.39. The van der Waals surface area contributed by atoms with Crippen molar-refractivity contribution < 1.29 is 14.3 Å². The second kappa shape index (κ2) is 10.2. The Balaban J connectivity index is 1.24. The topological polar surface area (TPSA) is 128 Å². The highest BCUT2D eigenvalue weighted by atomic mass is 16.5. The van der Waals surface area contributed by atoms with Gasteiger partial charge in [-0.05, 0) is 30.8 Å². The van der Waals surface area contributed by atoms with Crippen LogP contribution in [0.5, 0.6) is 5.75 Å². The van der Waals surface area contributed by atoms with Crippen LogP contribution in [0.3, 0.4) is 0 Å². The number of carbonyl (C=O) groups excluding carboxylic acids is 1. The summed E-state index contributed by atoms with van der Waals surface area (Å²) < 4.78 is 11.6. The number of nitrogen functional groups attached to an aromatic ring is 1. The lowest BCUT2D eigenvalue weighted by molar-refractivity contribution is -0.0175. The Morgan fingerprint density at radius 2 is 2.17 bits per heavy atom. The van der Waals surface area contributed by atoms with Gasteiger partial charge in [0.1, 0.15) is 11.6 Å². The van der Waals surface area contributed by atoms with Gasteiger partial charge in [-0.15, -0.1) is 0 Å². The van der Waals surface area contributed by atoms with E-state index in [1.165, 1.54) is 0 Å². The van der Waals surface area contributed by atoms with E-state index in [0.717, 1.165) is 47.8 Å². The number of hydrogen-bond acceptors (Lipinski definition) is 9. The molecule has 1 aromatic carbocycles. The average molecular weight is 476 g/mol. The molecule has 10 nitrogen and oxygen atoms in total. The van der Waals surface area contributed by atoms with E-state index < -0.39 is 0 Å². The molecule has 0 spiro atoms. The normalized spacial score (nSPS) is 17.5. The Labute approximate surface area is 203 Å². The largest absolute Gasteiger partial charge is 0.492 e. The molecule has 0 bridgehead atoms. The van der Waals surface area contributed by atoms with Gasteiger partial charge in [0.05, 0.1) is 30.6 Å². The standard InChI is InChI=1S/C25H29N7O3/c1-32-8-10-34-18(15-32)13-30-24(33)17-4-2-3-16(11-17)12-28-23-19-6-9-35-22(19)20(14-29-23)21-5-7-27-25(26)31-21/h2-5,7,11,14,18H,6,8-10,12-13,15H2,1H3,(H,28,29)(H,30,33)(H2,26,27,31). The summed E-state index contributed by atoms with van der Waals surface area (Å²) in [5.74, 6) is 1.63. The number of aromatic nitrogens is 3. The summed E-state index contributed by atoms with van der Waals surface area (Å²) in [4.78, 5) is 27.8. The van der Waals surface area contributed by atoms with Gasteiger partial charge in [-0.3, -0.25) is 4.79 Å². The first-order valence-corrected chi connectivity index (χ1v) is 11.7. The molecular weight excluding hydrogens is 446 g/mol. The third kappa shape index (κ3) is 5.33. The average Bonchev–Trinajstić information content (AvgIpc) is 3.36. The molecule has 4 heterocycles. The van der Waals surface area contributed by atoms with Crippen LogP contribution >= 0.6 is 0 Å². The monoisotopic (exact) mass is 475 g/mol. The number of nitrogens with two attached hydrogens (primary N) is 1. The lowest BCUT2D eigenvalue weighted by atomic mass is 10.1. The number of likely N-dealkylation sites (N-methyl/N-ethyl adjacent to an activating group) is 1. The van der Waals surface area contributed by atoms with Gasteiger partial charge in [0, 0.05) is 56.1 Å². The molecule has 1 amide bonds. The number of carbonyl (C=O) groups is 1. The van der Waals surface area contributed by atoms with E-state index >= 15 is 0 Å². The van der Waals surface area contributed by atoms with Crippen LogP contribution in [-0.2, 0) is 17.7 Å². The van der Waals surface area contributed by atoms with Crippen molar-refractivity contribution in [2.45, 2.75) is 19.1 Å². The lowest BCUT2D eigenvalue weighted by Gasteiger charge is -2.30. The lowest BCUT2D eigenvalue weighted by Crippen LogP contribution is -2.45. The molecule has 4 N–H and O–H groups in total. The number of amides is 1. The Bertz CT molecular complexity index is 1220. The van der Waals surface area contributed by atoms with E-state index in [1.54, 1.807) is 18.5 Å². The molecule has 2 aliphatic rings. The minimum Gasteiger partial charge on any atom is -0.492 e. The van der Waals surface area contributed by atoms with Gasteiger partial charge in [-0.25, -0.2) is 15.0 Å². The number of rotatable bonds is 7. The van der Waals surface area contributed by atoms with E-state index in [4.69, 9.17) is 15.2 Å². The molecule has 1 fully saturated rings. The van der Waals surface area contributed by atoms with Crippen LogP contribution in [0, 0.1) is 0 Å². The van der Waals surface area contributed by atoms with E-state index in [2.05, 4.69) is 37.5 Å². The number of morpholine rings is 1. The van der Waals surface area contributed by atoms with Gasteiger partial charge in [-0.1, -0.05) is 12.1 Å². The number of anilines is 2. The van der Waals surface area contributed by atoms with Crippen LogP contribution < -0.4 is 21.1 Å². The highest BCUT2D eigenvalue weighted by molar-refractivity contribution is 5.94. The van der Waals surface area contributed by atoms with E-state index in [0.29, 0.717) is 37.6 Å². The number of nitrogens with zero attached hydrogens (tertiary/aromatic N) is 4. The van der Waals surface area contributed by atoms with Crippen molar-refractivity contribution in [3.63, 3.8) is 0 Å². The molecule has 0 saturated carbocycles. The first kappa shape index (κ1) is 23.0. The maximum Gasteiger partial charge on any atom is 0.251 e. The van der Waals surface area contributed by atoms with Crippen LogP contribution in [0.25, 0.3) is 11.3 Å². The minimum absolute atomic E-state index is 0.0136. The van der Waals surface area contributed by atoms with Crippen molar-refractivity contribution in [3.8, 4) is 17.0 Å². The SMILES string of the molecule is CN1CCOC(CNC(=O)c2cccc(CNc3ncc(-c4ccnc(N)n4)c4c3CCO4)c2)C1. The van der Waals surface area contributed by atoms with Crippen molar-refractivity contribution in [3.05, 3.63) is 59.4 Å². The first-order valence-electron chi connectivity index (χ1n) is 11.7. The molecule has 0 aliphatic carbocycles. The Morgan fingerprint density at radius 3 is 3.03 bits per heavy atom. The zero-order chi connectivity index (χ0) is 24.2. The molecule has 35 heavy (non-hydrogen) atoms. The molecule has 0 radical (unpaired) electrons. The van der Waals surface area contributed by atoms with Gasteiger partial charge < -0.3 is 30.7 Å². The van der Waals surface area contributed by atoms with Crippen molar-refractivity contribution in [2.75, 3.05) is 50.9 Å². The molecule has 182 valence electrons. The van der Waals surface area contributed by atoms with Crippen LogP contribution in [0.2, 0.25) is 0 Å². The Morgan fingerprint density at radius 1 is 1.26 bits per heavy atom. The summed E-state index contributed by atoms with van der Waals surface area (Å²) in [6, 6.07) is 9.37. The smallest absolute Gasteiger partial charge is 0.251 e. The summed E-state index contributed by atoms with van der Waals surface area (Å²) >= 11 is 0. The summed E-state index contributed by atoms with van der Waals surface area (Å²) in [6.45, 7) is 4.02. The number of hydrogen-bond donors (Lipinski definition) is 3. The third-order valence-corrected chi connectivity index (χ3v) is 6.16. The van der Waals surface area contributed by atoms with Crippen LogP contribution in [0.15, 0.2) is 42.7 Å². The van der Waals surface area contributed by atoms with E-state index in [-0.39, 0.29) is 18.0 Å². The fourth-order valence-corrected chi connectivity index (χ4v) is 4.35. The van der Waals surface area contributed by atoms with Crippen LogP contribution in [-0.4, -0.2) is 71.8 Å². The van der Waals surface area contributed by atoms with Crippen LogP contribution in [0.4, 0.5) is 11.8 Å². The Kier molecular flexibility index (Phi) is 6.73. The number of nitrogens with one attached hydrogen (secondary N) is 2. The van der Waals surface area contributed by atoms with Gasteiger partial charge >= 0.3 is 0 Å². The number of pyridine rings is 1. The predicted octanol–water partition coefficient (Wildman–Crippen LogP) is 1.73. The number of fused-ring (bicyclic) bond motifs is 1. The predicted molar refractivity (Wildman–Crippen MR) is 132 cm³/mol. The van der Waals surface area contributed by atoms with Crippen molar-refractivity contribution in [2.24, 2.45) is 0 Å². The second-order valence-corrected chi connectivity index (χ2v) is 8.75. The first-order chi connectivity index (χ1) is 17.1. The fourth-order valence-electron chi connectivity index (χ4n) is 4.35. The molecule has 1 saturated heterocycles. The van der Waals surface area contributed by atoms with Crippen molar-refractivity contribution in [1.29, 1.82) is 0 Å².